The van der Waals surface area contributed by atoms with Gasteiger partial charge in [-0.05, 0) is 36.2 Å². The zero-order valence-electron chi connectivity index (χ0n) is 17.4. The largest absolute Gasteiger partial charge is 0.383 e. The lowest BCUT2D eigenvalue weighted by Crippen LogP contribution is -2.39. The molecule has 0 N–H and O–H groups in total. The van der Waals surface area contributed by atoms with Crippen LogP contribution in [0.1, 0.15) is 36.7 Å². The van der Waals surface area contributed by atoms with Crippen LogP contribution >= 0.6 is 11.3 Å². The molecule has 0 spiro atoms. The fourth-order valence-corrected chi connectivity index (χ4v) is 5.31. The Morgan fingerprint density at radius 2 is 1.97 bits per heavy atom. The highest BCUT2D eigenvalue weighted by Crippen LogP contribution is 2.41. The fourth-order valence-electron chi connectivity index (χ4n) is 3.92. The van der Waals surface area contributed by atoms with Gasteiger partial charge in [0.2, 0.25) is 5.91 Å². The van der Waals surface area contributed by atoms with Crippen LogP contribution in [0.4, 0.5) is 5.00 Å². The van der Waals surface area contributed by atoms with Crippen molar-refractivity contribution in [3.05, 3.63) is 51.4 Å². The van der Waals surface area contributed by atoms with Gasteiger partial charge in [0.25, 0.3) is 11.8 Å². The van der Waals surface area contributed by atoms with Crippen LogP contribution in [0.5, 0.6) is 0 Å². The smallest absolute Gasteiger partial charge is 0.257 e. The zero-order chi connectivity index (χ0) is 22.1. The van der Waals surface area contributed by atoms with E-state index in [9.17, 15) is 14.4 Å². The van der Waals surface area contributed by atoms with Gasteiger partial charge in [0, 0.05) is 31.1 Å². The molecule has 8 nitrogen and oxygen atoms in total. The van der Waals surface area contributed by atoms with Crippen LogP contribution in [0, 0.1) is 11.3 Å². The maximum atomic E-state index is 13.0. The van der Waals surface area contributed by atoms with Gasteiger partial charge in [-0.1, -0.05) is 0 Å². The average Bonchev–Trinajstić information content (AvgIpc) is 3.12. The van der Waals surface area contributed by atoms with Crippen LogP contribution in [0.2, 0.25) is 0 Å². The van der Waals surface area contributed by atoms with Gasteiger partial charge < -0.3 is 14.5 Å². The summed E-state index contributed by atoms with van der Waals surface area (Å²) in [7, 11) is 3.21. The molecule has 4 rings (SSSR count). The molecule has 0 atom stereocenters. The average molecular weight is 439 g/mol. The third-order valence-electron chi connectivity index (χ3n) is 5.58. The summed E-state index contributed by atoms with van der Waals surface area (Å²) in [5, 5.41) is 9.60. The van der Waals surface area contributed by atoms with E-state index in [0.29, 0.717) is 54.4 Å². The molecule has 1 aromatic heterocycles. The Labute approximate surface area is 184 Å². The lowest BCUT2D eigenvalue weighted by molar-refractivity contribution is -0.119. The summed E-state index contributed by atoms with van der Waals surface area (Å²) in [6, 6.07) is 8.62. The van der Waals surface area contributed by atoms with Crippen molar-refractivity contribution in [2.75, 3.05) is 45.3 Å². The van der Waals surface area contributed by atoms with Gasteiger partial charge >= 0.3 is 0 Å². The molecule has 2 aliphatic heterocycles. The molecule has 0 fully saturated rings. The number of rotatable bonds is 4. The van der Waals surface area contributed by atoms with Gasteiger partial charge in [0.05, 0.1) is 36.9 Å². The predicted octanol–water partition coefficient (Wildman–Crippen LogP) is 1.88. The van der Waals surface area contributed by atoms with Crippen molar-refractivity contribution >= 4 is 34.1 Å². The minimum Gasteiger partial charge on any atom is -0.383 e. The number of carbonyl (C=O) groups excluding carboxylic acids is 3. The van der Waals surface area contributed by atoms with Gasteiger partial charge in [0.1, 0.15) is 11.5 Å². The van der Waals surface area contributed by atoms with Gasteiger partial charge in [-0.25, -0.2) is 0 Å². The number of nitrogens with zero attached hydrogens (tertiary/aromatic N) is 4. The molecule has 0 bridgehead atoms. The highest BCUT2D eigenvalue weighted by atomic mass is 32.1. The van der Waals surface area contributed by atoms with Crippen molar-refractivity contribution in [1.29, 1.82) is 5.26 Å². The van der Waals surface area contributed by atoms with Crippen LogP contribution < -0.4 is 4.90 Å². The first kappa shape index (κ1) is 21.0. The van der Waals surface area contributed by atoms with Gasteiger partial charge in [0.15, 0.2) is 0 Å². The minimum absolute atomic E-state index is 0.0298. The zero-order valence-corrected chi connectivity index (χ0v) is 18.2. The molecule has 0 unspecified atom stereocenters. The van der Waals surface area contributed by atoms with Crippen LogP contribution in [0.3, 0.4) is 0 Å². The molecule has 0 radical (unpaired) electrons. The monoisotopic (exact) mass is 438 g/mol. The quantitative estimate of drug-likeness (QED) is 0.727. The Morgan fingerprint density at radius 1 is 1.23 bits per heavy atom. The Morgan fingerprint density at radius 3 is 2.65 bits per heavy atom. The van der Waals surface area contributed by atoms with E-state index < -0.39 is 0 Å². The van der Waals surface area contributed by atoms with Crippen molar-refractivity contribution in [2.24, 2.45) is 0 Å². The summed E-state index contributed by atoms with van der Waals surface area (Å²) >= 11 is 1.41. The second-order valence-electron chi connectivity index (χ2n) is 7.55. The number of hydrogen-bond acceptors (Lipinski definition) is 6. The van der Waals surface area contributed by atoms with E-state index in [2.05, 4.69) is 0 Å². The molecule has 2 aromatic rings. The van der Waals surface area contributed by atoms with E-state index in [-0.39, 0.29) is 24.3 Å². The van der Waals surface area contributed by atoms with E-state index in [1.165, 1.54) is 16.2 Å². The minimum atomic E-state index is -0.160. The number of hydrogen-bond donors (Lipinski definition) is 0. The van der Waals surface area contributed by atoms with Crippen molar-refractivity contribution in [1.82, 2.24) is 9.80 Å². The first-order valence-corrected chi connectivity index (χ1v) is 10.7. The molecule has 1 aromatic carbocycles. The first-order chi connectivity index (χ1) is 14.9. The van der Waals surface area contributed by atoms with Crippen LogP contribution in [-0.2, 0) is 22.5 Å². The van der Waals surface area contributed by atoms with E-state index in [1.54, 1.807) is 48.2 Å². The number of nitriles is 1. The van der Waals surface area contributed by atoms with Crippen molar-refractivity contribution in [2.45, 2.75) is 13.0 Å². The van der Waals surface area contributed by atoms with E-state index in [1.807, 2.05) is 6.07 Å². The summed E-state index contributed by atoms with van der Waals surface area (Å²) in [4.78, 5) is 44.5. The topological polar surface area (TPSA) is 93.9 Å². The molecular formula is C22H22N4O4S. The lowest BCUT2D eigenvalue weighted by Gasteiger charge is -2.27. The number of carbonyl (C=O) groups is 3. The SMILES string of the molecule is COCCN1C(=O)CN(C)C(=O)c2c1sc1c2CCN(C(=O)c2ccc(C#N)cc2)C1. The Hall–Kier alpha value is -3.22. The number of amides is 3. The first-order valence-electron chi connectivity index (χ1n) is 9.93. The fraction of sp³-hybridized carbons (Fsp3) is 0.364. The van der Waals surface area contributed by atoms with Crippen LogP contribution in [0.15, 0.2) is 24.3 Å². The standard InChI is InChI=1S/C22H22N4O4S/c1-24-13-18(27)26(9-10-30-2)22-19(21(24)29)16-7-8-25(12-17(16)31-22)20(28)15-5-3-14(11-23)4-6-15/h3-6H,7-10,12-13H2,1-2H3. The number of likely N-dealkylation sites (N-methyl/N-ethyl adjacent to an activating group) is 1. The molecular weight excluding hydrogens is 416 g/mol. The summed E-state index contributed by atoms with van der Waals surface area (Å²) in [6.45, 7) is 1.64. The third kappa shape index (κ3) is 3.80. The number of fused-ring (bicyclic) bond motifs is 3. The van der Waals surface area contributed by atoms with Crippen molar-refractivity contribution in [3.8, 4) is 6.07 Å². The molecule has 2 aliphatic rings. The van der Waals surface area contributed by atoms with Crippen LogP contribution in [-0.4, -0.2) is 67.9 Å². The van der Waals surface area contributed by atoms with Gasteiger partial charge in [-0.2, -0.15) is 5.26 Å². The predicted molar refractivity (Wildman–Crippen MR) is 115 cm³/mol. The summed E-state index contributed by atoms with van der Waals surface area (Å²) in [5.41, 5.74) is 2.53. The summed E-state index contributed by atoms with van der Waals surface area (Å²) < 4.78 is 5.16. The Kier molecular flexibility index (Phi) is 5.76. The Balaban J connectivity index is 1.66. The number of benzene rings is 1. The molecule has 3 heterocycles. The van der Waals surface area contributed by atoms with Gasteiger partial charge in [-0.15, -0.1) is 11.3 Å². The molecule has 0 saturated carbocycles. The van der Waals surface area contributed by atoms with Crippen molar-refractivity contribution < 1.29 is 19.1 Å². The van der Waals surface area contributed by atoms with Crippen LogP contribution in [0.25, 0.3) is 0 Å². The van der Waals surface area contributed by atoms with Gasteiger partial charge in [-0.3, -0.25) is 19.3 Å². The molecule has 31 heavy (non-hydrogen) atoms. The third-order valence-corrected chi connectivity index (χ3v) is 6.82. The van der Waals surface area contributed by atoms with E-state index >= 15 is 0 Å². The molecule has 160 valence electrons. The molecule has 3 amide bonds. The number of anilines is 1. The Bertz CT molecular complexity index is 1090. The number of methoxy groups -OCH3 is 1. The van der Waals surface area contributed by atoms with E-state index in [0.717, 1.165) is 10.4 Å². The second-order valence-corrected chi connectivity index (χ2v) is 8.63. The molecule has 0 saturated heterocycles. The molecule has 9 heteroatoms. The maximum absolute atomic E-state index is 13.0. The highest BCUT2D eigenvalue weighted by Gasteiger charge is 2.37. The number of thiophene rings is 1. The summed E-state index contributed by atoms with van der Waals surface area (Å²) in [5.74, 6) is -0.419. The normalized spacial score (nSPS) is 16.0. The number of ether oxygens (including phenoxy) is 1. The lowest BCUT2D eigenvalue weighted by atomic mass is 10.0. The summed E-state index contributed by atoms with van der Waals surface area (Å²) in [6.07, 6.45) is 0.551. The van der Waals surface area contributed by atoms with Crippen molar-refractivity contribution in [3.63, 3.8) is 0 Å². The second kappa shape index (κ2) is 8.49. The van der Waals surface area contributed by atoms with E-state index in [4.69, 9.17) is 10.00 Å². The molecule has 0 aliphatic carbocycles. The highest BCUT2D eigenvalue weighted by molar-refractivity contribution is 7.17. The maximum Gasteiger partial charge on any atom is 0.257 e.